The Labute approximate surface area is 99.3 Å². The van der Waals surface area contributed by atoms with E-state index in [0.717, 1.165) is 22.1 Å². The molecule has 0 radical (unpaired) electrons. The van der Waals surface area contributed by atoms with E-state index in [1.165, 1.54) is 0 Å². The molecule has 6 nitrogen and oxygen atoms in total. The average molecular weight is 242 g/mol. The first-order valence-corrected chi connectivity index (χ1v) is 5.45. The average Bonchev–Trinajstić information content (AvgIpc) is 2.87. The third kappa shape index (κ3) is 1.08. The van der Waals surface area contributed by atoms with Crippen molar-refractivity contribution in [3.8, 4) is 0 Å². The van der Waals surface area contributed by atoms with Crippen LogP contribution in [0.25, 0.3) is 27.8 Å². The van der Waals surface area contributed by atoms with Crippen molar-refractivity contribution < 1.29 is 0 Å². The quantitative estimate of drug-likeness (QED) is 0.461. The van der Waals surface area contributed by atoms with Gasteiger partial charge in [0.25, 0.3) is 5.78 Å². The minimum atomic E-state index is 0.394. The van der Waals surface area contributed by atoms with Crippen molar-refractivity contribution in [3.63, 3.8) is 0 Å². The number of hydrogen-bond donors (Lipinski definition) is 2. The van der Waals surface area contributed by atoms with Crippen LogP contribution in [0.2, 0.25) is 0 Å². The Morgan fingerprint density at radius 3 is 3.00 bits per heavy atom. The standard InChI is InChI=1S/C10H6N6S/c17-10-12-9-14-13-7-5-3-1-2-4-6(5)11-8(7)16(9)15-10/h1-4,11H,(H,15,17). The van der Waals surface area contributed by atoms with Gasteiger partial charge in [-0.3, -0.25) is 5.10 Å². The highest BCUT2D eigenvalue weighted by Gasteiger charge is 2.10. The van der Waals surface area contributed by atoms with Crippen LogP contribution in [0.4, 0.5) is 0 Å². The molecule has 0 saturated heterocycles. The van der Waals surface area contributed by atoms with Crippen molar-refractivity contribution in [3.05, 3.63) is 29.0 Å². The molecular formula is C10H6N6S. The number of aromatic amines is 2. The summed E-state index contributed by atoms with van der Waals surface area (Å²) in [7, 11) is 0. The van der Waals surface area contributed by atoms with Crippen LogP contribution in [0.3, 0.4) is 0 Å². The number of fused-ring (bicyclic) bond motifs is 5. The summed E-state index contributed by atoms with van der Waals surface area (Å²) < 4.78 is 2.11. The minimum Gasteiger partial charge on any atom is -0.338 e. The van der Waals surface area contributed by atoms with Crippen LogP contribution in [0.1, 0.15) is 0 Å². The molecule has 0 spiro atoms. The predicted molar refractivity (Wildman–Crippen MR) is 65.3 cm³/mol. The van der Waals surface area contributed by atoms with Gasteiger partial charge in [-0.05, 0) is 18.3 Å². The topological polar surface area (TPSA) is 74.7 Å². The third-order valence-corrected chi connectivity index (χ3v) is 2.91. The second kappa shape index (κ2) is 2.89. The molecule has 4 rings (SSSR count). The van der Waals surface area contributed by atoms with Gasteiger partial charge in [0, 0.05) is 10.9 Å². The van der Waals surface area contributed by atoms with E-state index in [9.17, 15) is 0 Å². The molecular weight excluding hydrogens is 236 g/mol. The van der Waals surface area contributed by atoms with Crippen LogP contribution in [-0.4, -0.2) is 29.8 Å². The maximum atomic E-state index is 4.99. The molecule has 0 unspecified atom stereocenters. The van der Waals surface area contributed by atoms with Crippen LogP contribution in [0.5, 0.6) is 0 Å². The molecule has 0 saturated carbocycles. The Kier molecular flexibility index (Phi) is 1.50. The van der Waals surface area contributed by atoms with Gasteiger partial charge in [-0.2, -0.15) is 9.50 Å². The Morgan fingerprint density at radius 2 is 2.06 bits per heavy atom. The highest BCUT2D eigenvalue weighted by Crippen LogP contribution is 2.22. The maximum Gasteiger partial charge on any atom is 0.273 e. The lowest BCUT2D eigenvalue weighted by Crippen LogP contribution is -1.95. The summed E-state index contributed by atoms with van der Waals surface area (Å²) in [5, 5.41) is 12.2. The minimum absolute atomic E-state index is 0.394. The fraction of sp³-hybridized carbons (Fsp3) is 0. The number of H-pyrrole nitrogens is 2. The molecule has 0 fully saturated rings. The molecule has 0 atom stereocenters. The van der Waals surface area contributed by atoms with Gasteiger partial charge in [-0.25, -0.2) is 0 Å². The number of para-hydroxylation sites is 1. The van der Waals surface area contributed by atoms with Gasteiger partial charge in [-0.15, -0.1) is 10.2 Å². The number of nitrogens with one attached hydrogen (secondary N) is 2. The molecule has 1 aromatic carbocycles. The van der Waals surface area contributed by atoms with Crippen molar-refractivity contribution in [2.24, 2.45) is 0 Å². The highest BCUT2D eigenvalue weighted by atomic mass is 32.1. The van der Waals surface area contributed by atoms with E-state index in [0.29, 0.717) is 10.5 Å². The molecule has 0 aliphatic rings. The lowest BCUT2D eigenvalue weighted by atomic mass is 10.2. The summed E-state index contributed by atoms with van der Waals surface area (Å²) in [6.45, 7) is 0. The summed E-state index contributed by atoms with van der Waals surface area (Å²) in [4.78, 5) is 7.34. The molecule has 3 heterocycles. The molecule has 3 aromatic heterocycles. The summed E-state index contributed by atoms with van der Waals surface area (Å²) >= 11 is 4.99. The van der Waals surface area contributed by atoms with Crippen LogP contribution in [-0.2, 0) is 0 Å². The monoisotopic (exact) mass is 242 g/mol. The zero-order valence-corrected chi connectivity index (χ0v) is 9.32. The fourth-order valence-electron chi connectivity index (χ4n) is 2.01. The first-order chi connectivity index (χ1) is 8.33. The molecule has 82 valence electrons. The van der Waals surface area contributed by atoms with Gasteiger partial charge in [0.05, 0.1) is 0 Å². The van der Waals surface area contributed by atoms with Crippen molar-refractivity contribution in [2.45, 2.75) is 0 Å². The van der Waals surface area contributed by atoms with Crippen LogP contribution in [0, 0.1) is 4.77 Å². The molecule has 0 amide bonds. The largest absolute Gasteiger partial charge is 0.338 e. The molecule has 0 aliphatic carbocycles. The van der Waals surface area contributed by atoms with Gasteiger partial charge < -0.3 is 4.98 Å². The summed E-state index contributed by atoms with van der Waals surface area (Å²) in [5.41, 5.74) is 2.63. The fourth-order valence-corrected chi connectivity index (χ4v) is 2.18. The highest BCUT2D eigenvalue weighted by molar-refractivity contribution is 7.71. The molecule has 2 N–H and O–H groups in total. The van der Waals surface area contributed by atoms with Gasteiger partial charge in [0.1, 0.15) is 5.52 Å². The van der Waals surface area contributed by atoms with E-state index in [1.807, 2.05) is 24.3 Å². The van der Waals surface area contributed by atoms with Gasteiger partial charge in [0.15, 0.2) is 5.65 Å². The number of benzene rings is 1. The zero-order valence-electron chi connectivity index (χ0n) is 8.51. The Balaban J connectivity index is 2.37. The molecule has 0 bridgehead atoms. The normalized spacial score (nSPS) is 11.8. The summed E-state index contributed by atoms with van der Waals surface area (Å²) in [6.07, 6.45) is 0. The molecule has 17 heavy (non-hydrogen) atoms. The van der Waals surface area contributed by atoms with Crippen molar-refractivity contribution in [2.75, 3.05) is 0 Å². The van der Waals surface area contributed by atoms with Gasteiger partial charge in [-0.1, -0.05) is 18.2 Å². The predicted octanol–water partition coefficient (Wildman–Crippen LogP) is 1.82. The number of rotatable bonds is 0. The van der Waals surface area contributed by atoms with E-state index in [2.05, 4.69) is 25.3 Å². The number of hydrogen-bond acceptors (Lipinski definition) is 4. The second-order valence-corrected chi connectivity index (χ2v) is 4.12. The zero-order chi connectivity index (χ0) is 11.4. The first kappa shape index (κ1) is 8.82. The van der Waals surface area contributed by atoms with E-state index in [4.69, 9.17) is 12.2 Å². The SMILES string of the molecule is S=c1nc2nnc3c4ccccc4[nH]c3n2[nH]1. The molecule has 0 aliphatic heterocycles. The summed E-state index contributed by atoms with van der Waals surface area (Å²) in [6, 6.07) is 7.94. The second-order valence-electron chi connectivity index (χ2n) is 3.73. The summed E-state index contributed by atoms with van der Waals surface area (Å²) in [5.74, 6) is 0.467. The molecule has 4 aromatic rings. The Bertz CT molecular complexity index is 915. The van der Waals surface area contributed by atoms with Crippen LogP contribution >= 0.6 is 12.2 Å². The Morgan fingerprint density at radius 1 is 1.18 bits per heavy atom. The lowest BCUT2D eigenvalue weighted by Gasteiger charge is -1.92. The van der Waals surface area contributed by atoms with E-state index in [1.54, 1.807) is 4.52 Å². The van der Waals surface area contributed by atoms with Crippen molar-refractivity contribution in [1.29, 1.82) is 0 Å². The third-order valence-electron chi connectivity index (χ3n) is 2.73. The Hall–Kier alpha value is -2.28. The first-order valence-electron chi connectivity index (χ1n) is 5.05. The van der Waals surface area contributed by atoms with Gasteiger partial charge in [0.2, 0.25) is 4.77 Å². The lowest BCUT2D eigenvalue weighted by molar-refractivity contribution is 0.928. The van der Waals surface area contributed by atoms with E-state index < -0.39 is 0 Å². The van der Waals surface area contributed by atoms with Crippen molar-refractivity contribution in [1.82, 2.24) is 29.8 Å². The van der Waals surface area contributed by atoms with E-state index >= 15 is 0 Å². The smallest absolute Gasteiger partial charge is 0.273 e. The van der Waals surface area contributed by atoms with Gasteiger partial charge >= 0.3 is 0 Å². The number of aromatic nitrogens is 6. The van der Waals surface area contributed by atoms with E-state index in [-0.39, 0.29) is 0 Å². The van der Waals surface area contributed by atoms with Crippen LogP contribution < -0.4 is 0 Å². The maximum absolute atomic E-state index is 4.99. The van der Waals surface area contributed by atoms with Crippen molar-refractivity contribution >= 4 is 40.1 Å². The molecule has 7 heteroatoms. The number of nitrogens with zero attached hydrogens (tertiary/aromatic N) is 4. The van der Waals surface area contributed by atoms with Crippen LogP contribution in [0.15, 0.2) is 24.3 Å².